The number of phenols is 1. The van der Waals surface area contributed by atoms with Crippen LogP contribution >= 0.6 is 0 Å². The number of nitrogens with two attached hydrogens (primary N) is 1. The van der Waals surface area contributed by atoms with Gasteiger partial charge < -0.3 is 16.2 Å². The number of aromatic hydroxyl groups is 1. The van der Waals surface area contributed by atoms with Gasteiger partial charge in [-0.05, 0) is 12.1 Å². The molecule has 4 N–H and O–H groups in total. The van der Waals surface area contributed by atoms with Gasteiger partial charge in [-0.15, -0.1) is 0 Å². The van der Waals surface area contributed by atoms with E-state index in [9.17, 15) is 0 Å². The molecule has 1 aromatic carbocycles. The summed E-state index contributed by atoms with van der Waals surface area (Å²) in [5.41, 5.74) is 6.62. The lowest BCUT2D eigenvalue weighted by atomic mass is 10.2. The zero-order valence-corrected chi connectivity index (χ0v) is 5.76. The fourth-order valence-electron chi connectivity index (χ4n) is 0.771. The van der Waals surface area contributed by atoms with E-state index in [-0.39, 0.29) is 5.75 Å². The average Bonchev–Trinajstić information content (AvgIpc) is 1.95. The highest BCUT2D eigenvalue weighted by molar-refractivity contribution is 5.72. The number of nitrogen functional groups attached to an aromatic ring is 1. The molecule has 1 rings (SSSR count). The van der Waals surface area contributed by atoms with Crippen molar-refractivity contribution in [2.24, 2.45) is 0 Å². The summed E-state index contributed by atoms with van der Waals surface area (Å²) in [4.78, 5) is 0. The summed E-state index contributed by atoms with van der Waals surface area (Å²) >= 11 is 0. The maximum atomic E-state index is 9.07. The van der Waals surface area contributed by atoms with Gasteiger partial charge in [-0.3, -0.25) is 0 Å². The van der Waals surface area contributed by atoms with Crippen molar-refractivity contribution in [3.05, 3.63) is 18.2 Å². The van der Waals surface area contributed by atoms with Gasteiger partial charge in [-0.25, -0.2) is 0 Å². The second-order valence-electron chi connectivity index (χ2n) is 1.99. The topological polar surface area (TPSA) is 58.3 Å². The van der Waals surface area contributed by atoms with Gasteiger partial charge in [-0.1, -0.05) is 6.07 Å². The van der Waals surface area contributed by atoms with E-state index in [0.29, 0.717) is 5.69 Å². The van der Waals surface area contributed by atoms with Gasteiger partial charge in [0.1, 0.15) is 5.75 Å². The van der Waals surface area contributed by atoms with E-state index < -0.39 is 0 Å². The van der Waals surface area contributed by atoms with E-state index in [1.54, 1.807) is 25.2 Å². The predicted octanol–water partition coefficient (Wildman–Crippen LogP) is 1.02. The van der Waals surface area contributed by atoms with Gasteiger partial charge in [-0.2, -0.15) is 0 Å². The Bertz CT molecular complexity index is 235. The van der Waals surface area contributed by atoms with Gasteiger partial charge in [0.15, 0.2) is 0 Å². The number of anilines is 2. The molecule has 3 heteroatoms. The molecule has 10 heavy (non-hydrogen) atoms. The zero-order valence-electron chi connectivity index (χ0n) is 5.76. The smallest absolute Gasteiger partial charge is 0.140 e. The van der Waals surface area contributed by atoms with Crippen LogP contribution < -0.4 is 11.1 Å². The SMILES string of the molecule is CNc1cccc(O)c1N. The third-order valence-electron chi connectivity index (χ3n) is 1.35. The summed E-state index contributed by atoms with van der Waals surface area (Å²) in [6.45, 7) is 0. The van der Waals surface area contributed by atoms with Crippen LogP contribution in [0.5, 0.6) is 5.75 Å². The molecule has 0 bridgehead atoms. The molecule has 0 aliphatic rings. The van der Waals surface area contributed by atoms with Gasteiger partial charge >= 0.3 is 0 Å². The molecule has 0 aromatic heterocycles. The second kappa shape index (κ2) is 2.47. The molecular formula is C7H10N2O. The van der Waals surface area contributed by atoms with Crippen LogP contribution in [-0.2, 0) is 0 Å². The molecule has 0 unspecified atom stereocenters. The maximum absolute atomic E-state index is 9.07. The third kappa shape index (κ3) is 0.978. The first-order valence-corrected chi connectivity index (χ1v) is 3.01. The molecule has 3 nitrogen and oxygen atoms in total. The van der Waals surface area contributed by atoms with Crippen molar-refractivity contribution in [3.63, 3.8) is 0 Å². The van der Waals surface area contributed by atoms with Crippen LogP contribution in [0.2, 0.25) is 0 Å². The lowest BCUT2D eigenvalue weighted by Gasteiger charge is -2.04. The molecule has 0 atom stereocenters. The third-order valence-corrected chi connectivity index (χ3v) is 1.35. The number of nitrogens with one attached hydrogen (secondary N) is 1. The fraction of sp³-hybridized carbons (Fsp3) is 0.143. The highest BCUT2D eigenvalue weighted by Crippen LogP contribution is 2.26. The van der Waals surface area contributed by atoms with Crippen LogP contribution in [0.15, 0.2) is 18.2 Å². The number of rotatable bonds is 1. The summed E-state index contributed by atoms with van der Waals surface area (Å²) in [5, 5.41) is 11.9. The monoisotopic (exact) mass is 138 g/mol. The highest BCUT2D eigenvalue weighted by Gasteiger charge is 1.98. The van der Waals surface area contributed by atoms with Crippen LogP contribution in [0, 0.1) is 0 Å². The maximum Gasteiger partial charge on any atom is 0.140 e. The molecule has 0 fully saturated rings. The summed E-state index contributed by atoms with van der Waals surface area (Å²) < 4.78 is 0. The number of phenolic OH excluding ortho intramolecular Hbond substituents is 1. The number of para-hydroxylation sites is 1. The Labute approximate surface area is 59.5 Å². The molecule has 0 radical (unpaired) electrons. The van der Waals surface area contributed by atoms with E-state index in [4.69, 9.17) is 10.8 Å². The minimum atomic E-state index is 0.117. The van der Waals surface area contributed by atoms with Crippen LogP contribution in [0.25, 0.3) is 0 Å². The first-order chi connectivity index (χ1) is 4.75. The summed E-state index contributed by atoms with van der Waals surface area (Å²) in [6.07, 6.45) is 0. The van der Waals surface area contributed by atoms with Crippen LogP contribution in [-0.4, -0.2) is 12.2 Å². The standard InChI is InChI=1S/C7H10N2O/c1-9-5-3-2-4-6(10)7(5)8/h2-4,9-10H,8H2,1H3. The summed E-state index contributed by atoms with van der Waals surface area (Å²) in [7, 11) is 1.76. The molecule has 0 amide bonds. The van der Waals surface area contributed by atoms with Crippen molar-refractivity contribution >= 4 is 11.4 Å². The van der Waals surface area contributed by atoms with Crippen molar-refractivity contribution < 1.29 is 5.11 Å². The minimum absolute atomic E-state index is 0.117. The zero-order chi connectivity index (χ0) is 7.56. The molecule has 0 spiro atoms. The fourth-order valence-corrected chi connectivity index (χ4v) is 0.771. The van der Waals surface area contributed by atoms with Crippen molar-refractivity contribution in [2.45, 2.75) is 0 Å². The molecule has 1 aromatic rings. The highest BCUT2D eigenvalue weighted by atomic mass is 16.3. The van der Waals surface area contributed by atoms with E-state index in [1.807, 2.05) is 0 Å². The van der Waals surface area contributed by atoms with Crippen LogP contribution in [0.1, 0.15) is 0 Å². The van der Waals surface area contributed by atoms with Gasteiger partial charge in [0, 0.05) is 7.05 Å². The normalized spacial score (nSPS) is 9.30. The molecule has 0 saturated heterocycles. The summed E-state index contributed by atoms with van der Waals surface area (Å²) in [6, 6.07) is 5.09. The first-order valence-electron chi connectivity index (χ1n) is 3.01. The largest absolute Gasteiger partial charge is 0.506 e. The Balaban J connectivity index is 3.14. The Hall–Kier alpha value is -1.38. The molecule has 0 aliphatic heterocycles. The van der Waals surface area contributed by atoms with Crippen molar-refractivity contribution in [2.75, 3.05) is 18.1 Å². The van der Waals surface area contributed by atoms with E-state index in [1.165, 1.54) is 0 Å². The van der Waals surface area contributed by atoms with Gasteiger partial charge in [0.25, 0.3) is 0 Å². The molecule has 0 saturated carbocycles. The van der Waals surface area contributed by atoms with E-state index in [0.717, 1.165) is 5.69 Å². The quantitative estimate of drug-likeness (QED) is 0.401. The van der Waals surface area contributed by atoms with E-state index in [2.05, 4.69) is 5.32 Å². The predicted molar refractivity (Wildman–Crippen MR) is 42.1 cm³/mol. The Morgan fingerprint density at radius 1 is 1.50 bits per heavy atom. The Morgan fingerprint density at radius 3 is 2.70 bits per heavy atom. The van der Waals surface area contributed by atoms with Gasteiger partial charge in [0.2, 0.25) is 0 Å². The van der Waals surface area contributed by atoms with E-state index >= 15 is 0 Å². The Morgan fingerprint density at radius 2 is 2.20 bits per heavy atom. The van der Waals surface area contributed by atoms with Crippen LogP contribution in [0.4, 0.5) is 11.4 Å². The second-order valence-corrected chi connectivity index (χ2v) is 1.99. The average molecular weight is 138 g/mol. The van der Waals surface area contributed by atoms with Gasteiger partial charge in [0.05, 0.1) is 11.4 Å². The number of hydrogen-bond donors (Lipinski definition) is 3. The molecule has 0 aliphatic carbocycles. The first kappa shape index (κ1) is 6.74. The Kier molecular flexibility index (Phi) is 1.67. The summed E-state index contributed by atoms with van der Waals surface area (Å²) in [5.74, 6) is 0.117. The lowest BCUT2D eigenvalue weighted by Crippen LogP contribution is -1.94. The minimum Gasteiger partial charge on any atom is -0.506 e. The van der Waals surface area contributed by atoms with Crippen LogP contribution in [0.3, 0.4) is 0 Å². The van der Waals surface area contributed by atoms with Crippen molar-refractivity contribution in [1.29, 1.82) is 0 Å². The molecular weight excluding hydrogens is 128 g/mol. The number of hydrogen-bond acceptors (Lipinski definition) is 3. The molecule has 54 valence electrons. The number of benzene rings is 1. The lowest BCUT2D eigenvalue weighted by molar-refractivity contribution is 0.478. The van der Waals surface area contributed by atoms with Crippen molar-refractivity contribution in [1.82, 2.24) is 0 Å². The molecule has 0 heterocycles. The van der Waals surface area contributed by atoms with Crippen molar-refractivity contribution in [3.8, 4) is 5.75 Å².